The molecule has 1 aromatic carbocycles. The van der Waals surface area contributed by atoms with Gasteiger partial charge in [0, 0.05) is 7.05 Å². The highest BCUT2D eigenvalue weighted by molar-refractivity contribution is 7.92. The van der Waals surface area contributed by atoms with Gasteiger partial charge in [0.15, 0.2) is 0 Å². The van der Waals surface area contributed by atoms with Crippen LogP contribution in [0.5, 0.6) is 0 Å². The number of anilines is 1. The van der Waals surface area contributed by atoms with E-state index in [4.69, 9.17) is 5.11 Å². The average Bonchev–Trinajstić information content (AvgIpc) is 2.27. The number of sulfonamides is 1. The Morgan fingerprint density at radius 1 is 1.28 bits per heavy atom. The van der Waals surface area contributed by atoms with Gasteiger partial charge in [-0.15, -0.1) is 0 Å². The van der Waals surface area contributed by atoms with E-state index in [0.29, 0.717) is 5.69 Å². The van der Waals surface area contributed by atoms with E-state index in [-0.39, 0.29) is 0 Å². The lowest BCUT2D eigenvalue weighted by Gasteiger charge is -2.25. The highest BCUT2D eigenvalue weighted by Gasteiger charge is 2.35. The number of aliphatic carboxylic acids is 1. The van der Waals surface area contributed by atoms with Crippen LogP contribution in [0.2, 0.25) is 0 Å². The number of carboxylic acids is 1. The molecule has 0 aliphatic rings. The maximum Gasteiger partial charge on any atom is 0.310 e. The van der Waals surface area contributed by atoms with Crippen molar-refractivity contribution in [3.05, 3.63) is 30.3 Å². The number of hydrogen-bond donors (Lipinski definition) is 1. The van der Waals surface area contributed by atoms with Crippen LogP contribution in [0, 0.1) is 5.41 Å². The minimum Gasteiger partial charge on any atom is -0.481 e. The van der Waals surface area contributed by atoms with Gasteiger partial charge in [0.1, 0.15) is 0 Å². The van der Waals surface area contributed by atoms with Gasteiger partial charge in [-0.1, -0.05) is 18.2 Å². The summed E-state index contributed by atoms with van der Waals surface area (Å²) in [5.41, 5.74) is -0.805. The molecule has 0 spiro atoms. The number of hydrogen-bond acceptors (Lipinski definition) is 3. The van der Waals surface area contributed by atoms with Crippen molar-refractivity contribution in [2.75, 3.05) is 17.1 Å². The molecular formula is C12H17NO4S. The number of rotatable bonds is 5. The predicted molar refractivity (Wildman–Crippen MR) is 70.0 cm³/mol. The molecule has 0 aromatic heterocycles. The molecule has 0 atom stereocenters. The first-order chi connectivity index (χ1) is 8.17. The maximum absolute atomic E-state index is 12.1. The Morgan fingerprint density at radius 2 is 1.78 bits per heavy atom. The van der Waals surface area contributed by atoms with E-state index in [2.05, 4.69) is 0 Å². The third-order valence-electron chi connectivity index (χ3n) is 2.66. The van der Waals surface area contributed by atoms with Gasteiger partial charge >= 0.3 is 5.97 Å². The quantitative estimate of drug-likeness (QED) is 0.882. The monoisotopic (exact) mass is 271 g/mol. The number of carboxylic acid groups (broad SMARTS) is 1. The first kappa shape index (κ1) is 14.5. The molecule has 0 bridgehead atoms. The van der Waals surface area contributed by atoms with Crippen LogP contribution in [0.4, 0.5) is 5.69 Å². The summed E-state index contributed by atoms with van der Waals surface area (Å²) in [6.45, 7) is 2.79. The van der Waals surface area contributed by atoms with Crippen LogP contribution >= 0.6 is 0 Å². The van der Waals surface area contributed by atoms with E-state index in [9.17, 15) is 13.2 Å². The molecule has 0 aliphatic carbocycles. The Hall–Kier alpha value is -1.56. The molecule has 0 unspecified atom stereocenters. The summed E-state index contributed by atoms with van der Waals surface area (Å²) >= 11 is 0. The van der Waals surface area contributed by atoms with Gasteiger partial charge in [-0.2, -0.15) is 0 Å². The van der Waals surface area contributed by atoms with Crippen molar-refractivity contribution in [3.8, 4) is 0 Å². The largest absolute Gasteiger partial charge is 0.481 e. The summed E-state index contributed by atoms with van der Waals surface area (Å²) in [5, 5.41) is 8.97. The topological polar surface area (TPSA) is 74.7 Å². The van der Waals surface area contributed by atoms with E-state index >= 15 is 0 Å². The van der Waals surface area contributed by atoms with Gasteiger partial charge in [-0.25, -0.2) is 8.42 Å². The van der Waals surface area contributed by atoms with Crippen molar-refractivity contribution in [1.82, 2.24) is 0 Å². The van der Waals surface area contributed by atoms with Crippen LogP contribution in [-0.2, 0) is 14.8 Å². The van der Waals surface area contributed by atoms with Gasteiger partial charge < -0.3 is 5.11 Å². The van der Waals surface area contributed by atoms with Crippen molar-refractivity contribution < 1.29 is 18.3 Å². The van der Waals surface area contributed by atoms with E-state index in [0.717, 1.165) is 4.31 Å². The summed E-state index contributed by atoms with van der Waals surface area (Å²) in [5.74, 6) is -1.58. The molecule has 1 aromatic rings. The van der Waals surface area contributed by atoms with E-state index in [1.807, 2.05) is 0 Å². The van der Waals surface area contributed by atoms with Crippen LogP contribution in [-0.4, -0.2) is 32.3 Å². The van der Waals surface area contributed by atoms with Gasteiger partial charge in [0.05, 0.1) is 16.9 Å². The zero-order valence-electron chi connectivity index (χ0n) is 10.6. The summed E-state index contributed by atoms with van der Waals surface area (Å²) in [6, 6.07) is 8.55. The SMILES string of the molecule is CN(c1ccccc1)S(=O)(=O)CC(C)(C)C(=O)O. The van der Waals surface area contributed by atoms with Crippen molar-refractivity contribution in [2.45, 2.75) is 13.8 Å². The van der Waals surface area contributed by atoms with Crippen LogP contribution in [0.15, 0.2) is 30.3 Å². The third-order valence-corrected chi connectivity index (χ3v) is 4.79. The molecule has 6 heteroatoms. The molecule has 1 N–H and O–H groups in total. The Kier molecular flexibility index (Phi) is 4.01. The molecule has 0 aliphatic heterocycles. The molecular weight excluding hydrogens is 254 g/mol. The zero-order chi connectivity index (χ0) is 14.0. The molecule has 0 saturated heterocycles. The van der Waals surface area contributed by atoms with Gasteiger partial charge in [-0.05, 0) is 26.0 Å². The van der Waals surface area contributed by atoms with Gasteiger partial charge in [0.2, 0.25) is 10.0 Å². The zero-order valence-corrected chi connectivity index (χ0v) is 11.4. The highest BCUT2D eigenvalue weighted by Crippen LogP contribution is 2.23. The van der Waals surface area contributed by atoms with E-state index in [1.54, 1.807) is 30.3 Å². The summed E-state index contributed by atoms with van der Waals surface area (Å²) < 4.78 is 25.3. The maximum atomic E-state index is 12.1. The summed E-state index contributed by atoms with van der Waals surface area (Å²) in [4.78, 5) is 11.0. The van der Waals surface area contributed by atoms with Gasteiger partial charge in [-0.3, -0.25) is 9.10 Å². The van der Waals surface area contributed by atoms with Crippen molar-refractivity contribution in [2.24, 2.45) is 5.41 Å². The summed E-state index contributed by atoms with van der Waals surface area (Å²) in [7, 11) is -2.24. The fourth-order valence-electron chi connectivity index (χ4n) is 1.41. The van der Waals surface area contributed by atoms with Crippen LogP contribution < -0.4 is 4.31 Å². The van der Waals surface area contributed by atoms with Gasteiger partial charge in [0.25, 0.3) is 0 Å². The predicted octanol–water partition coefficient (Wildman–Crippen LogP) is 1.56. The molecule has 0 amide bonds. The molecule has 0 heterocycles. The Morgan fingerprint density at radius 3 is 2.22 bits per heavy atom. The molecule has 0 radical (unpaired) electrons. The Balaban J connectivity index is 2.99. The molecule has 100 valence electrons. The fraction of sp³-hybridized carbons (Fsp3) is 0.417. The first-order valence-corrected chi connectivity index (χ1v) is 7.03. The normalized spacial score (nSPS) is 12.2. The lowest BCUT2D eigenvalue weighted by Crippen LogP contribution is -2.39. The molecule has 0 fully saturated rings. The number of para-hydroxylation sites is 1. The Bertz CT molecular complexity index is 522. The second kappa shape index (κ2) is 4.97. The second-order valence-corrected chi connectivity index (χ2v) is 6.75. The van der Waals surface area contributed by atoms with Crippen LogP contribution in [0.3, 0.4) is 0 Å². The van der Waals surface area contributed by atoms with Crippen molar-refractivity contribution in [3.63, 3.8) is 0 Å². The number of nitrogens with zero attached hydrogens (tertiary/aromatic N) is 1. The minimum absolute atomic E-state index is 0.444. The molecule has 0 saturated carbocycles. The highest BCUT2D eigenvalue weighted by atomic mass is 32.2. The van der Waals surface area contributed by atoms with Crippen molar-refractivity contribution in [1.29, 1.82) is 0 Å². The molecule has 18 heavy (non-hydrogen) atoms. The van der Waals surface area contributed by atoms with Crippen LogP contribution in [0.25, 0.3) is 0 Å². The fourth-order valence-corrected chi connectivity index (χ4v) is 3.09. The van der Waals surface area contributed by atoms with E-state index in [1.165, 1.54) is 20.9 Å². The summed E-state index contributed by atoms with van der Waals surface area (Å²) in [6.07, 6.45) is 0. The minimum atomic E-state index is -3.66. The standard InChI is InChI=1S/C12H17NO4S/c1-12(2,11(14)15)9-18(16,17)13(3)10-7-5-4-6-8-10/h4-8H,9H2,1-3H3,(H,14,15). The smallest absolute Gasteiger partial charge is 0.310 e. The third kappa shape index (κ3) is 3.22. The Labute approximate surface area is 107 Å². The molecule has 5 nitrogen and oxygen atoms in total. The first-order valence-electron chi connectivity index (χ1n) is 5.42. The number of benzene rings is 1. The van der Waals surface area contributed by atoms with Crippen LogP contribution in [0.1, 0.15) is 13.8 Å². The average molecular weight is 271 g/mol. The molecule has 1 rings (SSSR count). The van der Waals surface area contributed by atoms with Crippen molar-refractivity contribution >= 4 is 21.7 Å². The van der Waals surface area contributed by atoms with E-state index < -0.39 is 27.2 Å². The lowest BCUT2D eigenvalue weighted by molar-refractivity contribution is -0.145. The number of carbonyl (C=O) groups is 1. The lowest BCUT2D eigenvalue weighted by atomic mass is 9.97. The second-order valence-electron chi connectivity index (χ2n) is 4.75.